The molecular weight excluding hydrogens is 468 g/mol. The number of amides is 1. The van der Waals surface area contributed by atoms with Crippen LogP contribution in [-0.2, 0) is 16.2 Å². The summed E-state index contributed by atoms with van der Waals surface area (Å²) >= 11 is 0. The topological polar surface area (TPSA) is 90.3 Å². The van der Waals surface area contributed by atoms with E-state index in [0.29, 0.717) is 36.4 Å². The zero-order valence-corrected chi connectivity index (χ0v) is 21.3. The molecule has 0 saturated carbocycles. The lowest BCUT2D eigenvalue weighted by molar-refractivity contribution is -0.139. The first-order chi connectivity index (χ1) is 17.8. The Morgan fingerprint density at radius 2 is 1.70 bits per heavy atom. The lowest BCUT2D eigenvalue weighted by Gasteiger charge is -2.26. The number of phenols is 1. The highest BCUT2D eigenvalue weighted by molar-refractivity contribution is 6.46. The number of aromatic hydroxyl groups is 1. The van der Waals surface area contributed by atoms with Crippen molar-refractivity contribution in [3.8, 4) is 11.5 Å². The molecule has 0 unspecified atom stereocenters. The van der Waals surface area contributed by atoms with E-state index in [0.717, 1.165) is 17.7 Å². The van der Waals surface area contributed by atoms with Crippen molar-refractivity contribution in [1.82, 2.24) is 9.80 Å². The van der Waals surface area contributed by atoms with Gasteiger partial charge >= 0.3 is 0 Å². The van der Waals surface area contributed by atoms with Crippen molar-refractivity contribution in [2.24, 2.45) is 0 Å². The number of phenolic OH excluding ortho intramolecular Hbond substituents is 1. The Morgan fingerprint density at radius 1 is 1.00 bits per heavy atom. The van der Waals surface area contributed by atoms with Gasteiger partial charge in [-0.05, 0) is 81.0 Å². The number of benzene rings is 3. The van der Waals surface area contributed by atoms with Gasteiger partial charge in [-0.2, -0.15) is 0 Å². The first kappa shape index (κ1) is 26.0. The van der Waals surface area contributed by atoms with Crippen molar-refractivity contribution in [2.75, 3.05) is 27.2 Å². The van der Waals surface area contributed by atoms with Crippen LogP contribution in [0.2, 0.25) is 0 Å². The molecule has 1 atom stereocenters. The molecule has 0 aliphatic carbocycles. The summed E-state index contributed by atoms with van der Waals surface area (Å²) < 4.78 is 5.95. The third-order valence-corrected chi connectivity index (χ3v) is 6.44. The average Bonchev–Trinajstić information content (AvgIpc) is 3.13. The number of likely N-dealkylation sites (tertiary alicyclic amines) is 1. The third kappa shape index (κ3) is 5.84. The SMILES string of the molecule is Cc1cc(C(O)=C2C(=O)C(=O)N(CCCN(C)C)[C@@H]2c2ccc(O)cc2)ccc1OCc1ccccc1. The quantitative estimate of drug-likeness (QED) is 0.253. The highest BCUT2D eigenvalue weighted by atomic mass is 16.5. The van der Waals surface area contributed by atoms with Crippen molar-refractivity contribution in [3.63, 3.8) is 0 Å². The van der Waals surface area contributed by atoms with E-state index in [1.807, 2.05) is 56.3 Å². The number of aryl methyl sites for hydroxylation is 1. The number of Topliss-reactive ketones (excluding diaryl/α,β-unsaturated/α-hetero) is 1. The molecule has 0 aromatic heterocycles. The molecule has 0 bridgehead atoms. The molecule has 1 aliphatic rings. The molecule has 3 aromatic carbocycles. The molecule has 192 valence electrons. The summed E-state index contributed by atoms with van der Waals surface area (Å²) in [4.78, 5) is 29.8. The Balaban J connectivity index is 1.67. The van der Waals surface area contributed by atoms with Crippen molar-refractivity contribution in [3.05, 3.63) is 101 Å². The highest BCUT2D eigenvalue weighted by Gasteiger charge is 2.45. The Bertz CT molecular complexity index is 1300. The van der Waals surface area contributed by atoms with Crippen LogP contribution < -0.4 is 4.74 Å². The number of hydrogen-bond donors (Lipinski definition) is 2. The Hall–Kier alpha value is -4.10. The molecule has 2 N–H and O–H groups in total. The van der Waals surface area contributed by atoms with Crippen LogP contribution in [0.3, 0.4) is 0 Å². The zero-order valence-electron chi connectivity index (χ0n) is 21.3. The van der Waals surface area contributed by atoms with Crippen LogP contribution in [0, 0.1) is 6.92 Å². The van der Waals surface area contributed by atoms with E-state index < -0.39 is 17.7 Å². The maximum Gasteiger partial charge on any atom is 0.295 e. The van der Waals surface area contributed by atoms with Gasteiger partial charge in [-0.3, -0.25) is 9.59 Å². The van der Waals surface area contributed by atoms with Gasteiger partial charge in [0, 0.05) is 12.1 Å². The minimum absolute atomic E-state index is 0.0397. The second-order valence-electron chi connectivity index (χ2n) is 9.50. The Labute approximate surface area is 217 Å². The lowest BCUT2D eigenvalue weighted by atomic mass is 9.94. The van der Waals surface area contributed by atoms with E-state index in [4.69, 9.17) is 4.74 Å². The minimum Gasteiger partial charge on any atom is -0.508 e. The largest absolute Gasteiger partial charge is 0.508 e. The predicted molar refractivity (Wildman–Crippen MR) is 142 cm³/mol. The number of carbonyl (C=O) groups excluding carboxylic acids is 2. The van der Waals surface area contributed by atoms with Crippen molar-refractivity contribution in [1.29, 1.82) is 0 Å². The molecule has 0 spiro atoms. The second kappa shape index (κ2) is 11.3. The molecule has 1 saturated heterocycles. The smallest absolute Gasteiger partial charge is 0.295 e. The lowest BCUT2D eigenvalue weighted by Crippen LogP contribution is -2.32. The highest BCUT2D eigenvalue weighted by Crippen LogP contribution is 2.40. The molecule has 1 heterocycles. The van der Waals surface area contributed by atoms with Crippen molar-refractivity contribution >= 4 is 17.4 Å². The van der Waals surface area contributed by atoms with Crippen LogP contribution in [-0.4, -0.2) is 58.9 Å². The first-order valence-corrected chi connectivity index (χ1v) is 12.3. The van der Waals surface area contributed by atoms with Gasteiger partial charge in [0.1, 0.15) is 23.9 Å². The molecular formula is C30H32N2O5. The van der Waals surface area contributed by atoms with Crippen LogP contribution >= 0.6 is 0 Å². The number of nitrogens with zero attached hydrogens (tertiary/aromatic N) is 2. The van der Waals surface area contributed by atoms with Crippen LogP contribution in [0.4, 0.5) is 0 Å². The predicted octanol–water partition coefficient (Wildman–Crippen LogP) is 4.65. The monoisotopic (exact) mass is 500 g/mol. The zero-order chi connectivity index (χ0) is 26.5. The maximum atomic E-state index is 13.2. The molecule has 3 aromatic rings. The minimum atomic E-state index is -0.753. The molecule has 1 fully saturated rings. The van der Waals surface area contributed by atoms with Crippen molar-refractivity contribution < 1.29 is 24.5 Å². The van der Waals surface area contributed by atoms with E-state index in [1.54, 1.807) is 30.3 Å². The Kier molecular flexibility index (Phi) is 7.94. The third-order valence-electron chi connectivity index (χ3n) is 6.44. The van der Waals surface area contributed by atoms with Gasteiger partial charge in [0.2, 0.25) is 0 Å². The first-order valence-electron chi connectivity index (χ1n) is 12.3. The number of ether oxygens (including phenoxy) is 1. The normalized spacial score (nSPS) is 17.0. The summed E-state index contributed by atoms with van der Waals surface area (Å²) in [7, 11) is 3.89. The summed E-state index contributed by atoms with van der Waals surface area (Å²) in [5.74, 6) is -0.848. The van der Waals surface area contributed by atoms with Crippen LogP contribution in [0.15, 0.2) is 78.4 Å². The summed E-state index contributed by atoms with van der Waals surface area (Å²) in [5.41, 5.74) is 2.94. The fourth-order valence-corrected chi connectivity index (χ4v) is 4.52. The molecule has 1 aliphatic heterocycles. The molecule has 7 nitrogen and oxygen atoms in total. The van der Waals surface area contributed by atoms with Crippen LogP contribution in [0.5, 0.6) is 11.5 Å². The van der Waals surface area contributed by atoms with E-state index in [1.165, 1.54) is 17.0 Å². The second-order valence-corrected chi connectivity index (χ2v) is 9.50. The van der Waals surface area contributed by atoms with Crippen molar-refractivity contribution in [2.45, 2.75) is 26.0 Å². The Morgan fingerprint density at radius 3 is 2.35 bits per heavy atom. The summed E-state index contributed by atoms with van der Waals surface area (Å²) in [6, 6.07) is 20.6. The number of ketones is 1. The molecule has 4 rings (SSSR count). The number of aliphatic hydroxyl groups excluding tert-OH is 1. The van der Waals surface area contributed by atoms with E-state index in [2.05, 4.69) is 0 Å². The van der Waals surface area contributed by atoms with Gasteiger partial charge < -0.3 is 24.7 Å². The number of carbonyl (C=O) groups is 2. The van der Waals surface area contributed by atoms with Gasteiger partial charge in [0.25, 0.3) is 11.7 Å². The average molecular weight is 501 g/mol. The summed E-state index contributed by atoms with van der Waals surface area (Å²) in [6.07, 6.45) is 0.668. The summed E-state index contributed by atoms with van der Waals surface area (Å²) in [6.45, 7) is 3.38. The fourth-order valence-electron chi connectivity index (χ4n) is 4.52. The van der Waals surface area contributed by atoms with E-state index in [-0.39, 0.29) is 17.1 Å². The standard InChI is InChI=1S/C30H32N2O5/c1-20-18-23(12-15-25(20)37-19-21-8-5-4-6-9-21)28(34)26-27(22-10-13-24(33)14-11-22)32(30(36)29(26)35)17-7-16-31(2)3/h4-6,8-15,18,27,33-34H,7,16-17,19H2,1-3H3/t27-/m1/s1. The van der Waals surface area contributed by atoms with E-state index >= 15 is 0 Å². The molecule has 0 radical (unpaired) electrons. The number of aliphatic hydroxyl groups is 1. The van der Waals surface area contributed by atoms with Crippen LogP contribution in [0.25, 0.3) is 5.76 Å². The molecule has 7 heteroatoms. The molecule has 1 amide bonds. The van der Waals surface area contributed by atoms with Gasteiger partial charge in [-0.1, -0.05) is 42.5 Å². The van der Waals surface area contributed by atoms with E-state index in [9.17, 15) is 19.8 Å². The van der Waals surface area contributed by atoms with Gasteiger partial charge in [-0.25, -0.2) is 0 Å². The van der Waals surface area contributed by atoms with Gasteiger partial charge in [0.15, 0.2) is 0 Å². The maximum absolute atomic E-state index is 13.2. The van der Waals surface area contributed by atoms with Gasteiger partial charge in [0.05, 0.1) is 11.6 Å². The van der Waals surface area contributed by atoms with Crippen LogP contribution in [0.1, 0.15) is 34.7 Å². The molecule has 37 heavy (non-hydrogen) atoms. The summed E-state index contributed by atoms with van der Waals surface area (Å²) in [5, 5.41) is 21.1. The van der Waals surface area contributed by atoms with Gasteiger partial charge in [-0.15, -0.1) is 0 Å². The number of hydrogen-bond acceptors (Lipinski definition) is 6. The fraction of sp³-hybridized carbons (Fsp3) is 0.267. The number of rotatable bonds is 9.